The Morgan fingerprint density at radius 1 is 1.16 bits per heavy atom. The molecule has 1 aliphatic carbocycles. The first kappa shape index (κ1) is 15.4. The zero-order chi connectivity index (χ0) is 14.1. The molecule has 106 valence electrons. The van der Waals surface area contributed by atoms with Gasteiger partial charge in [0, 0.05) is 18.8 Å². The van der Waals surface area contributed by atoms with Crippen LogP contribution in [0.2, 0.25) is 0 Å². The highest BCUT2D eigenvalue weighted by molar-refractivity contribution is 5.81. The first-order chi connectivity index (χ1) is 9.15. The van der Waals surface area contributed by atoms with Crippen LogP contribution in [-0.4, -0.2) is 37.4 Å². The number of rotatable bonds is 5. The van der Waals surface area contributed by atoms with Crippen LogP contribution in [0.5, 0.6) is 0 Å². The minimum atomic E-state index is -0.375. The van der Waals surface area contributed by atoms with Gasteiger partial charge in [-0.05, 0) is 25.7 Å². The van der Waals surface area contributed by atoms with Gasteiger partial charge in [-0.15, -0.1) is 0 Å². The van der Waals surface area contributed by atoms with Crippen molar-refractivity contribution in [1.82, 2.24) is 0 Å². The molecule has 0 amide bonds. The lowest BCUT2D eigenvalue weighted by Gasteiger charge is -2.07. The molecule has 2 rings (SSSR count). The summed E-state index contributed by atoms with van der Waals surface area (Å²) in [7, 11) is 0. The molecule has 19 heavy (non-hydrogen) atoms. The molecule has 0 spiro atoms. The molecular weight excluding hydrogens is 248 g/mol. The minimum Gasteiger partial charge on any atom is -0.460 e. The summed E-state index contributed by atoms with van der Waals surface area (Å²) in [6.45, 7) is 7.71. The van der Waals surface area contributed by atoms with Crippen molar-refractivity contribution in [2.45, 2.75) is 37.9 Å². The number of carbonyl (C=O) groups is 2. The number of hydrogen-bond acceptors (Lipinski definition) is 5. The molecule has 0 aromatic heterocycles. The third kappa shape index (κ3) is 7.41. The number of esters is 2. The second kappa shape index (κ2) is 8.48. The molecule has 1 heterocycles. The smallest absolute Gasteiger partial charge is 0.330 e. The lowest BCUT2D eigenvalue weighted by Crippen LogP contribution is -2.16. The Bertz CT molecular complexity index is 327. The van der Waals surface area contributed by atoms with Crippen molar-refractivity contribution in [1.29, 1.82) is 0 Å². The van der Waals surface area contributed by atoms with Gasteiger partial charge < -0.3 is 14.2 Å². The lowest BCUT2D eigenvalue weighted by atomic mass is 10.2. The van der Waals surface area contributed by atoms with Crippen LogP contribution >= 0.6 is 0 Å². The number of ether oxygens (including phenoxy) is 3. The summed E-state index contributed by atoms with van der Waals surface area (Å²) < 4.78 is 14.8. The van der Waals surface area contributed by atoms with Gasteiger partial charge in [0.25, 0.3) is 0 Å². The van der Waals surface area contributed by atoms with Crippen molar-refractivity contribution < 1.29 is 23.8 Å². The van der Waals surface area contributed by atoms with E-state index >= 15 is 0 Å². The largest absolute Gasteiger partial charge is 0.460 e. The first-order valence-corrected chi connectivity index (χ1v) is 6.39. The zero-order valence-electron chi connectivity index (χ0n) is 11.0. The zero-order valence-corrected chi connectivity index (χ0v) is 11.0. The normalized spacial score (nSPS) is 20.7. The van der Waals surface area contributed by atoms with Crippen LogP contribution in [0.1, 0.15) is 25.7 Å². The highest BCUT2D eigenvalue weighted by Crippen LogP contribution is 2.23. The van der Waals surface area contributed by atoms with Gasteiger partial charge in [-0.3, -0.25) is 0 Å². The SMILES string of the molecule is C=CC(=O)OC1CC1.C=CC(=O)OCC1CCCO1. The molecule has 0 radical (unpaired) electrons. The van der Waals surface area contributed by atoms with E-state index < -0.39 is 0 Å². The fraction of sp³-hybridized carbons (Fsp3) is 0.571. The molecule has 2 fully saturated rings. The Labute approximate surface area is 113 Å². The number of hydrogen-bond donors (Lipinski definition) is 0. The summed E-state index contributed by atoms with van der Waals surface area (Å²) >= 11 is 0. The molecule has 0 aromatic rings. The van der Waals surface area contributed by atoms with Gasteiger partial charge in [0.1, 0.15) is 12.7 Å². The summed E-state index contributed by atoms with van der Waals surface area (Å²) in [5, 5.41) is 0. The van der Waals surface area contributed by atoms with Gasteiger partial charge in [0.05, 0.1) is 6.10 Å². The third-order valence-corrected chi connectivity index (χ3v) is 2.58. The van der Waals surface area contributed by atoms with Crippen molar-refractivity contribution in [3.8, 4) is 0 Å². The number of carbonyl (C=O) groups excluding carboxylic acids is 2. The summed E-state index contributed by atoms with van der Waals surface area (Å²) in [4.78, 5) is 20.9. The molecule has 1 atom stereocenters. The average molecular weight is 268 g/mol. The van der Waals surface area contributed by atoms with Crippen molar-refractivity contribution >= 4 is 11.9 Å². The van der Waals surface area contributed by atoms with Crippen molar-refractivity contribution in [2.24, 2.45) is 0 Å². The van der Waals surface area contributed by atoms with E-state index in [0.29, 0.717) is 6.61 Å². The molecule has 5 nitrogen and oxygen atoms in total. The maximum atomic E-state index is 10.6. The van der Waals surface area contributed by atoms with Gasteiger partial charge >= 0.3 is 11.9 Å². The van der Waals surface area contributed by atoms with Crippen LogP contribution < -0.4 is 0 Å². The van der Waals surface area contributed by atoms with Crippen molar-refractivity contribution in [2.75, 3.05) is 13.2 Å². The fourth-order valence-electron chi connectivity index (χ4n) is 1.41. The molecule has 0 N–H and O–H groups in total. The van der Waals surface area contributed by atoms with Crippen LogP contribution in [0.15, 0.2) is 25.3 Å². The predicted octanol–water partition coefficient (Wildman–Crippen LogP) is 1.77. The topological polar surface area (TPSA) is 61.8 Å². The quantitative estimate of drug-likeness (QED) is 0.561. The van der Waals surface area contributed by atoms with Crippen LogP contribution in [0, 0.1) is 0 Å². The Kier molecular flexibility index (Phi) is 6.89. The van der Waals surface area contributed by atoms with Crippen LogP contribution in [0.25, 0.3) is 0 Å². The van der Waals surface area contributed by atoms with Gasteiger partial charge in [-0.1, -0.05) is 13.2 Å². The minimum absolute atomic E-state index is 0.110. The van der Waals surface area contributed by atoms with Crippen LogP contribution in [0.3, 0.4) is 0 Å². The average Bonchev–Trinajstić information content (AvgIpc) is 3.08. The first-order valence-electron chi connectivity index (χ1n) is 6.39. The van der Waals surface area contributed by atoms with E-state index in [2.05, 4.69) is 13.2 Å². The van der Waals surface area contributed by atoms with E-state index in [0.717, 1.165) is 38.4 Å². The standard InChI is InChI=1S/C8H12O3.C6H8O2/c1-2-8(9)11-6-7-4-3-5-10-7;1-2-6(7)8-5-3-4-5/h2,7H,1,3-6H2;2,5H,1,3-4H2. The monoisotopic (exact) mass is 268 g/mol. The highest BCUT2D eigenvalue weighted by atomic mass is 16.6. The summed E-state index contributed by atoms with van der Waals surface area (Å²) in [6.07, 6.45) is 6.78. The van der Waals surface area contributed by atoms with Gasteiger partial charge in [0.2, 0.25) is 0 Å². The summed E-state index contributed by atoms with van der Waals surface area (Å²) in [5.74, 6) is -0.673. The molecule has 1 saturated heterocycles. The Morgan fingerprint density at radius 2 is 1.84 bits per heavy atom. The molecule has 2 aliphatic rings. The van der Waals surface area contributed by atoms with E-state index in [9.17, 15) is 9.59 Å². The molecule has 1 aliphatic heterocycles. The highest BCUT2D eigenvalue weighted by Gasteiger charge is 2.24. The van der Waals surface area contributed by atoms with Gasteiger partial charge in [-0.2, -0.15) is 0 Å². The second-order valence-electron chi connectivity index (χ2n) is 4.31. The van der Waals surface area contributed by atoms with Gasteiger partial charge in [-0.25, -0.2) is 9.59 Å². The van der Waals surface area contributed by atoms with E-state index in [4.69, 9.17) is 14.2 Å². The van der Waals surface area contributed by atoms with Crippen LogP contribution in [-0.2, 0) is 23.8 Å². The Hall–Kier alpha value is -1.62. The molecule has 0 bridgehead atoms. The Balaban J connectivity index is 0.000000200. The Morgan fingerprint density at radius 3 is 2.32 bits per heavy atom. The molecule has 0 aromatic carbocycles. The van der Waals surface area contributed by atoms with Crippen molar-refractivity contribution in [3.63, 3.8) is 0 Å². The molecule has 1 unspecified atom stereocenters. The fourth-order valence-corrected chi connectivity index (χ4v) is 1.41. The molecule has 5 heteroatoms. The maximum absolute atomic E-state index is 10.6. The second-order valence-corrected chi connectivity index (χ2v) is 4.31. The lowest BCUT2D eigenvalue weighted by molar-refractivity contribution is -0.141. The van der Waals surface area contributed by atoms with E-state index in [1.54, 1.807) is 0 Å². The summed E-state index contributed by atoms with van der Waals surface area (Å²) in [6, 6.07) is 0. The predicted molar refractivity (Wildman–Crippen MR) is 69.4 cm³/mol. The summed E-state index contributed by atoms with van der Waals surface area (Å²) in [5.41, 5.74) is 0. The maximum Gasteiger partial charge on any atom is 0.330 e. The van der Waals surface area contributed by atoms with E-state index in [1.807, 2.05) is 0 Å². The van der Waals surface area contributed by atoms with E-state index in [1.165, 1.54) is 6.08 Å². The van der Waals surface area contributed by atoms with Crippen LogP contribution in [0.4, 0.5) is 0 Å². The van der Waals surface area contributed by atoms with Crippen molar-refractivity contribution in [3.05, 3.63) is 25.3 Å². The van der Waals surface area contributed by atoms with Gasteiger partial charge in [0.15, 0.2) is 0 Å². The molecular formula is C14H20O5. The third-order valence-electron chi connectivity index (χ3n) is 2.58. The van der Waals surface area contributed by atoms with E-state index in [-0.39, 0.29) is 24.1 Å². The molecule has 1 saturated carbocycles.